The largest absolute Gasteiger partial charge is 0.516 e. The fraction of sp³-hybridized carbons (Fsp3) is 0.239. The van der Waals surface area contributed by atoms with Crippen LogP contribution in [0.4, 0.5) is 33.6 Å². The standard InChI is InChI=1S/C46H49N9O4/c1-31(2)25-40(51-39(22-24-56)35-15-10-7-11-16-35)44(58)54(29-34-13-8-6-9-14-34)23-12-17-42(57)49-37-20-18-32(3)41(26-37)55-30-36-27-48-45(52-43(36)53(5)46(55)59)50-38-21-19-33(4)47-28-38/h6-16,18-24,26-28,31,40,56H,17,25,29-30H2,1-5H3,(H,49,57)(H,48,50,52)/b23-12+,24-22+,51-39+/t40-/m0/s1. The van der Waals surface area contributed by atoms with E-state index in [0.29, 0.717) is 35.3 Å². The molecule has 3 N–H and O–H groups in total. The third kappa shape index (κ3) is 10.8. The molecule has 1 atom stereocenters. The molecule has 1 aliphatic heterocycles. The second-order valence-corrected chi connectivity index (χ2v) is 14.7. The quantitative estimate of drug-likeness (QED) is 0.0703. The van der Waals surface area contributed by atoms with Crippen molar-refractivity contribution in [2.45, 2.75) is 59.7 Å². The molecule has 0 saturated carbocycles. The number of nitrogens with one attached hydrogen (secondary N) is 2. The van der Waals surface area contributed by atoms with Crippen molar-refractivity contribution in [1.82, 2.24) is 19.9 Å². The maximum absolute atomic E-state index is 14.3. The van der Waals surface area contributed by atoms with Gasteiger partial charge in [0.25, 0.3) is 5.91 Å². The highest BCUT2D eigenvalue weighted by atomic mass is 16.2. The van der Waals surface area contributed by atoms with Gasteiger partial charge in [-0.25, -0.2) is 9.78 Å². The van der Waals surface area contributed by atoms with Gasteiger partial charge in [-0.15, -0.1) is 0 Å². The van der Waals surface area contributed by atoms with Crippen molar-refractivity contribution < 1.29 is 19.5 Å². The molecule has 0 bridgehead atoms. The summed E-state index contributed by atoms with van der Waals surface area (Å²) in [5.41, 5.74) is 6.55. The number of carbonyl (C=O) groups is 3. The van der Waals surface area contributed by atoms with Gasteiger partial charge in [0.1, 0.15) is 11.9 Å². The SMILES string of the molecule is Cc1ccc(Nc2ncc3c(n2)N(C)C(=O)N(c2cc(NC(=O)C/C=C/N(Cc4ccccc4)C(=O)[C@H](CC(C)C)/N=C(\C=C\O)c4ccccc4)ccc2C)C3)cn1. The molecule has 0 unspecified atom stereocenters. The molecule has 0 spiro atoms. The number of aliphatic imine (C=N–C) groups is 1. The van der Waals surface area contributed by atoms with Crippen molar-refractivity contribution in [3.63, 3.8) is 0 Å². The second kappa shape index (κ2) is 19.3. The van der Waals surface area contributed by atoms with E-state index >= 15 is 0 Å². The molecule has 0 radical (unpaired) electrons. The third-order valence-corrected chi connectivity index (χ3v) is 9.60. The average Bonchev–Trinajstić information content (AvgIpc) is 3.23. The maximum atomic E-state index is 14.3. The molecule has 0 saturated heterocycles. The summed E-state index contributed by atoms with van der Waals surface area (Å²) in [5.74, 6) is 0.460. The number of hydrogen-bond donors (Lipinski definition) is 3. The van der Waals surface area contributed by atoms with Crippen LogP contribution in [0, 0.1) is 19.8 Å². The second-order valence-electron chi connectivity index (χ2n) is 14.7. The molecule has 59 heavy (non-hydrogen) atoms. The maximum Gasteiger partial charge on any atom is 0.330 e. The zero-order valence-electron chi connectivity index (χ0n) is 33.9. The number of urea groups is 1. The molecule has 3 heterocycles. The van der Waals surface area contributed by atoms with E-state index in [2.05, 4.69) is 25.6 Å². The molecule has 3 aromatic carbocycles. The zero-order valence-corrected chi connectivity index (χ0v) is 33.9. The molecule has 2 aromatic heterocycles. The van der Waals surface area contributed by atoms with E-state index in [4.69, 9.17) is 4.99 Å². The fourth-order valence-corrected chi connectivity index (χ4v) is 6.60. The van der Waals surface area contributed by atoms with Crippen LogP contribution >= 0.6 is 0 Å². The van der Waals surface area contributed by atoms with Gasteiger partial charge < -0.3 is 20.6 Å². The van der Waals surface area contributed by atoms with Crippen molar-refractivity contribution in [3.05, 3.63) is 156 Å². The van der Waals surface area contributed by atoms with Crippen molar-refractivity contribution in [2.24, 2.45) is 10.9 Å². The first-order valence-electron chi connectivity index (χ1n) is 19.5. The summed E-state index contributed by atoms with van der Waals surface area (Å²) in [6.07, 6.45) is 9.57. The number of carbonyl (C=O) groups excluding carboxylic acids is 3. The van der Waals surface area contributed by atoms with Crippen molar-refractivity contribution in [2.75, 3.05) is 27.5 Å². The van der Waals surface area contributed by atoms with Crippen molar-refractivity contribution in [1.29, 1.82) is 0 Å². The van der Waals surface area contributed by atoms with E-state index < -0.39 is 6.04 Å². The smallest absolute Gasteiger partial charge is 0.330 e. The Balaban J connectivity index is 1.17. The number of aliphatic hydroxyl groups is 1. The van der Waals surface area contributed by atoms with Gasteiger partial charge in [0.05, 0.1) is 42.6 Å². The Labute approximate surface area is 344 Å². The minimum absolute atomic E-state index is 0.0203. The molecule has 302 valence electrons. The van der Waals surface area contributed by atoms with Crippen molar-refractivity contribution >= 4 is 52.4 Å². The van der Waals surface area contributed by atoms with Crippen LogP contribution in [0.15, 0.2) is 133 Å². The Morgan fingerprint density at radius 3 is 2.37 bits per heavy atom. The van der Waals surface area contributed by atoms with Crippen molar-refractivity contribution in [3.8, 4) is 0 Å². The summed E-state index contributed by atoms with van der Waals surface area (Å²) < 4.78 is 0. The van der Waals surface area contributed by atoms with E-state index in [-0.39, 0.29) is 43.3 Å². The number of benzene rings is 3. The van der Waals surface area contributed by atoms with Gasteiger partial charge >= 0.3 is 6.03 Å². The Hall–Kier alpha value is -7.15. The molecule has 13 nitrogen and oxygen atoms in total. The molecule has 5 aromatic rings. The van der Waals surface area contributed by atoms with Crippen LogP contribution in [-0.2, 0) is 22.7 Å². The normalized spacial score (nSPS) is 13.5. The number of nitrogens with zero attached hydrogens (tertiary/aromatic N) is 7. The van der Waals surface area contributed by atoms with Crippen LogP contribution < -0.4 is 20.4 Å². The van der Waals surface area contributed by atoms with Crippen LogP contribution in [0.1, 0.15) is 54.6 Å². The molecular weight excluding hydrogens is 743 g/mol. The number of anilines is 5. The fourth-order valence-electron chi connectivity index (χ4n) is 6.60. The van der Waals surface area contributed by atoms with Gasteiger partial charge in [0.2, 0.25) is 11.9 Å². The van der Waals surface area contributed by atoms with Crippen LogP contribution in [-0.4, -0.2) is 61.6 Å². The lowest BCUT2D eigenvalue weighted by atomic mass is 10.0. The van der Waals surface area contributed by atoms with Crippen LogP contribution in [0.25, 0.3) is 0 Å². The summed E-state index contributed by atoms with van der Waals surface area (Å²) in [5, 5.41) is 15.8. The molecule has 0 fully saturated rings. The van der Waals surface area contributed by atoms with E-state index in [1.54, 1.807) is 53.6 Å². The first-order chi connectivity index (χ1) is 28.5. The van der Waals surface area contributed by atoms with E-state index in [9.17, 15) is 19.5 Å². The van der Waals surface area contributed by atoms with Crippen LogP contribution in [0.2, 0.25) is 0 Å². The summed E-state index contributed by atoms with van der Waals surface area (Å²) in [4.78, 5) is 64.4. The summed E-state index contributed by atoms with van der Waals surface area (Å²) >= 11 is 0. The number of aromatic nitrogens is 3. The third-order valence-electron chi connectivity index (χ3n) is 9.60. The molecule has 1 aliphatic rings. The Morgan fingerprint density at radius 2 is 1.68 bits per heavy atom. The van der Waals surface area contributed by atoms with E-state index in [0.717, 1.165) is 39.9 Å². The average molecular weight is 792 g/mol. The van der Waals surface area contributed by atoms with E-state index in [1.165, 1.54) is 11.0 Å². The van der Waals surface area contributed by atoms with Crippen LogP contribution in [0.5, 0.6) is 0 Å². The first-order valence-corrected chi connectivity index (χ1v) is 19.5. The number of pyridine rings is 1. The highest BCUT2D eigenvalue weighted by Crippen LogP contribution is 2.33. The number of amides is 4. The Kier molecular flexibility index (Phi) is 13.6. The topological polar surface area (TPSA) is 156 Å². The predicted molar refractivity (Wildman–Crippen MR) is 233 cm³/mol. The minimum atomic E-state index is -0.750. The molecule has 13 heteroatoms. The predicted octanol–water partition coefficient (Wildman–Crippen LogP) is 8.66. The summed E-state index contributed by atoms with van der Waals surface area (Å²) in [7, 11) is 1.67. The van der Waals surface area contributed by atoms with E-state index in [1.807, 2.05) is 107 Å². The number of hydrogen-bond acceptors (Lipinski definition) is 9. The number of aryl methyl sites for hydroxylation is 2. The van der Waals surface area contributed by atoms with Gasteiger partial charge in [-0.1, -0.05) is 86.7 Å². The number of fused-ring (bicyclic) bond motifs is 1. The highest BCUT2D eigenvalue weighted by Gasteiger charge is 2.32. The highest BCUT2D eigenvalue weighted by molar-refractivity contribution is 6.09. The lowest BCUT2D eigenvalue weighted by molar-refractivity contribution is -0.130. The Morgan fingerprint density at radius 1 is 0.949 bits per heavy atom. The van der Waals surface area contributed by atoms with Gasteiger partial charge in [-0.3, -0.25) is 29.4 Å². The first kappa shape index (κ1) is 41.5. The molecule has 0 aliphatic carbocycles. The Bertz CT molecular complexity index is 2350. The lowest BCUT2D eigenvalue weighted by Crippen LogP contribution is -2.46. The number of aliphatic hydroxyl groups excluding tert-OH is 1. The summed E-state index contributed by atoms with van der Waals surface area (Å²) in [6.45, 7) is 8.39. The molecule has 6 rings (SSSR count). The number of allylic oxidation sites excluding steroid dienone is 1. The molecular formula is C46H49N9O4. The van der Waals surface area contributed by atoms with Gasteiger partial charge in [-0.2, -0.15) is 4.98 Å². The lowest BCUT2D eigenvalue weighted by Gasteiger charge is -2.35. The zero-order chi connectivity index (χ0) is 41.9. The van der Waals surface area contributed by atoms with Gasteiger partial charge in [0, 0.05) is 42.8 Å². The minimum Gasteiger partial charge on any atom is -0.516 e. The monoisotopic (exact) mass is 791 g/mol. The van der Waals surface area contributed by atoms with Crippen LogP contribution in [0.3, 0.4) is 0 Å². The van der Waals surface area contributed by atoms with Gasteiger partial charge in [-0.05, 0) is 73.2 Å². The molecule has 4 amide bonds. The number of rotatable bonds is 15. The summed E-state index contributed by atoms with van der Waals surface area (Å²) in [6, 6.07) is 27.2. The van der Waals surface area contributed by atoms with Gasteiger partial charge in [0.15, 0.2) is 0 Å².